The summed E-state index contributed by atoms with van der Waals surface area (Å²) >= 11 is 5.97. The lowest BCUT2D eigenvalue weighted by Gasteiger charge is -2.16. The van der Waals surface area contributed by atoms with Crippen LogP contribution in [0.1, 0.15) is 25.8 Å². The number of alkyl halides is 1. The summed E-state index contributed by atoms with van der Waals surface area (Å²) in [5.41, 5.74) is 2.86. The first-order valence-corrected chi connectivity index (χ1v) is 7.43. The molecule has 0 aliphatic rings. The van der Waals surface area contributed by atoms with Gasteiger partial charge in [0, 0.05) is 11.8 Å². The van der Waals surface area contributed by atoms with Crippen LogP contribution in [0.5, 0.6) is 5.75 Å². The number of benzene rings is 2. The van der Waals surface area contributed by atoms with E-state index in [-0.39, 0.29) is 11.5 Å². The summed E-state index contributed by atoms with van der Waals surface area (Å²) in [6.45, 7) is 3.99. The average Bonchev–Trinajstić information content (AvgIpc) is 2.47. The van der Waals surface area contributed by atoms with Gasteiger partial charge >= 0.3 is 0 Å². The number of nitriles is 1. The Morgan fingerprint density at radius 2 is 1.52 bits per heavy atom. The molecule has 0 heterocycles. The number of hydrogen-bond donors (Lipinski definition) is 0. The van der Waals surface area contributed by atoms with Crippen LogP contribution in [0.25, 0.3) is 11.1 Å². The van der Waals surface area contributed by atoms with Gasteiger partial charge in [-0.3, -0.25) is 0 Å². The predicted octanol–water partition coefficient (Wildman–Crippen LogP) is 5.01. The molecule has 2 nitrogen and oxygen atoms in total. The van der Waals surface area contributed by atoms with Crippen molar-refractivity contribution >= 4 is 11.6 Å². The van der Waals surface area contributed by atoms with Gasteiger partial charge in [-0.2, -0.15) is 5.26 Å². The molecule has 2 aromatic rings. The van der Waals surface area contributed by atoms with Gasteiger partial charge in [0.25, 0.3) is 0 Å². The summed E-state index contributed by atoms with van der Waals surface area (Å²) in [7, 11) is 0. The quantitative estimate of drug-likeness (QED) is 0.727. The Morgan fingerprint density at radius 3 is 2.00 bits per heavy atom. The van der Waals surface area contributed by atoms with Crippen molar-refractivity contribution in [1.82, 2.24) is 0 Å². The molecular weight excluding hydrogens is 282 g/mol. The molecular formula is C18H18ClNO. The first-order chi connectivity index (χ1) is 10.1. The molecule has 0 aliphatic carbocycles. The number of ether oxygens (including phenoxy) is 1. The molecule has 3 heteroatoms. The summed E-state index contributed by atoms with van der Waals surface area (Å²) < 4.78 is 5.83. The zero-order valence-corrected chi connectivity index (χ0v) is 13.0. The standard InChI is InChI=1S/C18H18ClNO/c1-13(19)11-14(2)21-18-9-7-17(8-10-18)16-5-3-15(12-20)4-6-16/h3-10,13-14H,11H2,1-2H3/t13-,14-/m1/s1. The van der Waals surface area contributed by atoms with E-state index in [9.17, 15) is 0 Å². The molecule has 0 amide bonds. The molecule has 0 radical (unpaired) electrons. The molecule has 0 unspecified atom stereocenters. The lowest BCUT2D eigenvalue weighted by molar-refractivity contribution is 0.211. The number of nitrogens with zero attached hydrogens (tertiary/aromatic N) is 1. The molecule has 2 atom stereocenters. The lowest BCUT2D eigenvalue weighted by Crippen LogP contribution is -2.15. The van der Waals surface area contributed by atoms with E-state index in [4.69, 9.17) is 21.6 Å². The summed E-state index contributed by atoms with van der Waals surface area (Å²) in [6, 6.07) is 17.6. The molecule has 0 spiro atoms. The zero-order valence-electron chi connectivity index (χ0n) is 12.2. The van der Waals surface area contributed by atoms with Crippen LogP contribution in [-0.2, 0) is 0 Å². The predicted molar refractivity (Wildman–Crippen MR) is 86.6 cm³/mol. The highest BCUT2D eigenvalue weighted by molar-refractivity contribution is 6.20. The molecule has 0 aromatic heterocycles. The molecule has 21 heavy (non-hydrogen) atoms. The first-order valence-electron chi connectivity index (χ1n) is 7.00. The normalized spacial score (nSPS) is 13.2. The third-order valence-corrected chi connectivity index (χ3v) is 3.37. The third kappa shape index (κ3) is 4.51. The molecule has 0 saturated carbocycles. The summed E-state index contributed by atoms with van der Waals surface area (Å²) in [4.78, 5) is 0. The Hall–Kier alpha value is -1.98. The lowest BCUT2D eigenvalue weighted by atomic mass is 10.0. The largest absolute Gasteiger partial charge is 0.491 e. The van der Waals surface area contributed by atoms with E-state index in [0.717, 1.165) is 23.3 Å². The SMILES string of the molecule is C[C@H](C[C@@H](C)Cl)Oc1ccc(-c2ccc(C#N)cc2)cc1. The smallest absolute Gasteiger partial charge is 0.119 e. The van der Waals surface area contributed by atoms with Gasteiger partial charge in [-0.05, 0) is 49.2 Å². The van der Waals surface area contributed by atoms with Crippen molar-refractivity contribution in [3.63, 3.8) is 0 Å². The number of rotatable bonds is 5. The van der Waals surface area contributed by atoms with Crippen LogP contribution in [0, 0.1) is 11.3 Å². The van der Waals surface area contributed by atoms with Crippen molar-refractivity contribution < 1.29 is 4.74 Å². The fourth-order valence-electron chi connectivity index (χ4n) is 2.20. The topological polar surface area (TPSA) is 33.0 Å². The van der Waals surface area contributed by atoms with Gasteiger partial charge in [-0.25, -0.2) is 0 Å². The minimum Gasteiger partial charge on any atom is -0.491 e. The van der Waals surface area contributed by atoms with E-state index in [0.29, 0.717) is 5.56 Å². The van der Waals surface area contributed by atoms with E-state index >= 15 is 0 Å². The minimum atomic E-state index is 0.0956. The van der Waals surface area contributed by atoms with Crippen molar-refractivity contribution in [2.45, 2.75) is 31.7 Å². The van der Waals surface area contributed by atoms with Crippen molar-refractivity contribution in [2.24, 2.45) is 0 Å². The second-order valence-corrected chi connectivity index (χ2v) is 5.90. The number of hydrogen-bond acceptors (Lipinski definition) is 2. The van der Waals surface area contributed by atoms with Crippen LogP contribution < -0.4 is 4.74 Å². The third-order valence-electron chi connectivity index (χ3n) is 3.20. The van der Waals surface area contributed by atoms with Crippen LogP contribution in [-0.4, -0.2) is 11.5 Å². The molecule has 0 fully saturated rings. The monoisotopic (exact) mass is 299 g/mol. The van der Waals surface area contributed by atoms with Gasteiger partial charge in [0.1, 0.15) is 5.75 Å². The highest BCUT2D eigenvalue weighted by atomic mass is 35.5. The molecule has 2 aromatic carbocycles. The average molecular weight is 300 g/mol. The fraction of sp³-hybridized carbons (Fsp3) is 0.278. The van der Waals surface area contributed by atoms with Crippen molar-refractivity contribution in [2.75, 3.05) is 0 Å². The van der Waals surface area contributed by atoms with Gasteiger partial charge in [-0.1, -0.05) is 24.3 Å². The first kappa shape index (κ1) is 15.4. The Bertz CT molecular complexity index is 611. The maximum Gasteiger partial charge on any atom is 0.119 e. The van der Waals surface area contributed by atoms with Crippen molar-refractivity contribution in [3.05, 3.63) is 54.1 Å². The van der Waals surface area contributed by atoms with Crippen LogP contribution in [0.3, 0.4) is 0 Å². The second-order valence-electron chi connectivity index (χ2n) is 5.16. The van der Waals surface area contributed by atoms with E-state index in [1.165, 1.54) is 0 Å². The molecule has 0 N–H and O–H groups in total. The van der Waals surface area contributed by atoms with E-state index in [1.807, 2.05) is 62.4 Å². The second kappa shape index (κ2) is 7.15. The summed E-state index contributed by atoms with van der Waals surface area (Å²) in [6.07, 6.45) is 0.914. The maximum absolute atomic E-state index is 8.81. The Kier molecular flexibility index (Phi) is 5.25. The van der Waals surface area contributed by atoms with Crippen LogP contribution in [0.2, 0.25) is 0 Å². The van der Waals surface area contributed by atoms with Crippen LogP contribution >= 0.6 is 11.6 Å². The Balaban J connectivity index is 2.06. The van der Waals surface area contributed by atoms with Crippen molar-refractivity contribution in [1.29, 1.82) is 5.26 Å². The Morgan fingerprint density at radius 1 is 1.00 bits per heavy atom. The molecule has 108 valence electrons. The van der Waals surface area contributed by atoms with Crippen LogP contribution in [0.4, 0.5) is 0 Å². The summed E-state index contributed by atoms with van der Waals surface area (Å²) in [5, 5.41) is 8.91. The minimum absolute atomic E-state index is 0.0956. The van der Waals surface area contributed by atoms with E-state index < -0.39 is 0 Å². The molecule has 2 rings (SSSR count). The molecule has 0 bridgehead atoms. The van der Waals surface area contributed by atoms with Gasteiger partial charge < -0.3 is 4.74 Å². The van der Waals surface area contributed by atoms with Crippen molar-refractivity contribution in [3.8, 4) is 22.9 Å². The maximum atomic E-state index is 8.81. The molecule has 0 aliphatic heterocycles. The number of halogens is 1. The molecule has 0 saturated heterocycles. The summed E-state index contributed by atoms with van der Waals surface area (Å²) in [5.74, 6) is 0.845. The Labute approximate surface area is 130 Å². The fourth-order valence-corrected chi connectivity index (χ4v) is 2.45. The van der Waals surface area contributed by atoms with E-state index in [2.05, 4.69) is 6.07 Å². The van der Waals surface area contributed by atoms with Gasteiger partial charge in [-0.15, -0.1) is 11.6 Å². The zero-order chi connectivity index (χ0) is 15.2. The van der Waals surface area contributed by atoms with E-state index in [1.54, 1.807) is 0 Å². The van der Waals surface area contributed by atoms with Crippen LogP contribution in [0.15, 0.2) is 48.5 Å². The van der Waals surface area contributed by atoms with Gasteiger partial charge in [0.05, 0.1) is 17.7 Å². The highest BCUT2D eigenvalue weighted by Gasteiger charge is 2.08. The van der Waals surface area contributed by atoms with Gasteiger partial charge in [0.15, 0.2) is 0 Å². The van der Waals surface area contributed by atoms with Gasteiger partial charge in [0.2, 0.25) is 0 Å². The highest BCUT2D eigenvalue weighted by Crippen LogP contribution is 2.24.